The van der Waals surface area contributed by atoms with Gasteiger partial charge in [0.15, 0.2) is 0 Å². The number of carbonyl (C=O) groups is 2. The Hall–Kier alpha value is -3.12. The number of Topliss-reactive ketones (excluding diaryl/α,β-unsaturated/α-hetero) is 1. The molecule has 180 valence electrons. The molecule has 4 rings (SSSR count). The number of nitrogens with zero attached hydrogens (tertiary/aromatic N) is 1. The SMILES string of the molecule is Cc1cc(/C(O)=C2\C(=O)C(=O)N(CC3CCCO3)C2c2ccccc2C)ccc1OCC(C)C. The molecule has 2 aliphatic rings. The smallest absolute Gasteiger partial charge is 0.295 e. The maximum Gasteiger partial charge on any atom is 0.295 e. The van der Waals surface area contributed by atoms with Gasteiger partial charge in [0.25, 0.3) is 11.7 Å². The molecule has 2 aromatic rings. The Kier molecular flexibility index (Phi) is 7.08. The summed E-state index contributed by atoms with van der Waals surface area (Å²) in [5.41, 5.74) is 3.24. The van der Waals surface area contributed by atoms with Crippen LogP contribution >= 0.6 is 0 Å². The normalized spacial score (nSPS) is 22.1. The van der Waals surface area contributed by atoms with Crippen molar-refractivity contribution in [3.8, 4) is 5.75 Å². The Morgan fingerprint density at radius 3 is 2.56 bits per heavy atom. The molecular weight excluding hydrogens is 430 g/mol. The average molecular weight is 464 g/mol. The van der Waals surface area contributed by atoms with E-state index < -0.39 is 17.7 Å². The van der Waals surface area contributed by atoms with Crippen LogP contribution in [0.3, 0.4) is 0 Å². The quantitative estimate of drug-likeness (QED) is 0.358. The van der Waals surface area contributed by atoms with Crippen molar-refractivity contribution in [1.82, 2.24) is 4.90 Å². The minimum absolute atomic E-state index is 0.107. The zero-order valence-electron chi connectivity index (χ0n) is 20.3. The van der Waals surface area contributed by atoms with Gasteiger partial charge in [0.2, 0.25) is 0 Å². The summed E-state index contributed by atoms with van der Waals surface area (Å²) in [6.07, 6.45) is 1.68. The van der Waals surface area contributed by atoms with Crippen molar-refractivity contribution < 1.29 is 24.2 Å². The van der Waals surface area contributed by atoms with Gasteiger partial charge in [-0.05, 0) is 67.5 Å². The molecule has 0 aliphatic carbocycles. The van der Waals surface area contributed by atoms with E-state index in [9.17, 15) is 14.7 Å². The van der Waals surface area contributed by atoms with Crippen LogP contribution in [0.25, 0.3) is 5.76 Å². The lowest BCUT2D eigenvalue weighted by Crippen LogP contribution is -2.36. The lowest BCUT2D eigenvalue weighted by Gasteiger charge is -2.28. The van der Waals surface area contributed by atoms with Crippen LogP contribution in [-0.2, 0) is 14.3 Å². The molecule has 1 amide bonds. The highest BCUT2D eigenvalue weighted by molar-refractivity contribution is 6.46. The van der Waals surface area contributed by atoms with Crippen LogP contribution in [0.4, 0.5) is 0 Å². The number of hydrogen-bond acceptors (Lipinski definition) is 5. The summed E-state index contributed by atoms with van der Waals surface area (Å²) in [6, 6.07) is 12.3. The number of benzene rings is 2. The summed E-state index contributed by atoms with van der Waals surface area (Å²) in [7, 11) is 0. The number of ether oxygens (including phenoxy) is 2. The van der Waals surface area contributed by atoms with E-state index in [-0.39, 0.29) is 17.4 Å². The Balaban J connectivity index is 1.77. The van der Waals surface area contributed by atoms with Crippen molar-refractivity contribution in [2.45, 2.75) is 52.7 Å². The van der Waals surface area contributed by atoms with E-state index in [2.05, 4.69) is 13.8 Å². The topological polar surface area (TPSA) is 76.1 Å². The maximum atomic E-state index is 13.3. The number of ketones is 1. The highest BCUT2D eigenvalue weighted by atomic mass is 16.5. The molecule has 2 unspecified atom stereocenters. The Morgan fingerprint density at radius 1 is 1.15 bits per heavy atom. The van der Waals surface area contributed by atoms with Gasteiger partial charge in [-0.15, -0.1) is 0 Å². The average Bonchev–Trinajstić information content (AvgIpc) is 3.40. The summed E-state index contributed by atoms with van der Waals surface area (Å²) in [5, 5.41) is 11.4. The lowest BCUT2D eigenvalue weighted by atomic mass is 9.92. The zero-order chi connectivity index (χ0) is 24.4. The largest absolute Gasteiger partial charge is 0.507 e. The van der Waals surface area contributed by atoms with Crippen molar-refractivity contribution >= 4 is 17.4 Å². The van der Waals surface area contributed by atoms with Crippen molar-refractivity contribution in [3.63, 3.8) is 0 Å². The van der Waals surface area contributed by atoms with E-state index in [4.69, 9.17) is 9.47 Å². The molecule has 2 saturated heterocycles. The number of aliphatic hydroxyl groups is 1. The van der Waals surface area contributed by atoms with Crippen LogP contribution in [0.2, 0.25) is 0 Å². The number of aliphatic hydroxyl groups excluding tert-OH is 1. The fraction of sp³-hybridized carbons (Fsp3) is 0.429. The number of likely N-dealkylation sites (tertiary alicyclic amines) is 1. The predicted octanol–water partition coefficient (Wildman–Crippen LogP) is 4.94. The molecule has 0 bridgehead atoms. The van der Waals surface area contributed by atoms with Gasteiger partial charge in [0.1, 0.15) is 11.5 Å². The van der Waals surface area contributed by atoms with Gasteiger partial charge in [0, 0.05) is 18.7 Å². The second-order valence-electron chi connectivity index (χ2n) is 9.63. The Labute approximate surface area is 201 Å². The first-order valence-corrected chi connectivity index (χ1v) is 12.0. The molecule has 2 aliphatic heterocycles. The van der Waals surface area contributed by atoms with E-state index in [1.165, 1.54) is 0 Å². The molecule has 6 nitrogen and oxygen atoms in total. The minimum atomic E-state index is -0.665. The first-order valence-electron chi connectivity index (χ1n) is 12.0. The second-order valence-corrected chi connectivity index (χ2v) is 9.63. The third kappa shape index (κ3) is 4.73. The zero-order valence-corrected chi connectivity index (χ0v) is 20.3. The minimum Gasteiger partial charge on any atom is -0.507 e. The molecule has 0 saturated carbocycles. The number of amides is 1. The van der Waals surface area contributed by atoms with Crippen LogP contribution in [-0.4, -0.2) is 47.6 Å². The highest BCUT2D eigenvalue weighted by Gasteiger charge is 2.47. The molecule has 1 N–H and O–H groups in total. The standard InChI is InChI=1S/C28H33NO5/c1-17(2)16-34-23-12-11-20(14-19(23)4)26(30)24-25(22-10-6-5-8-18(22)3)29(28(32)27(24)31)15-21-9-7-13-33-21/h5-6,8,10-12,14,17,21,25,30H,7,9,13,15-16H2,1-4H3/b26-24+. The van der Waals surface area contributed by atoms with Gasteiger partial charge in [-0.3, -0.25) is 9.59 Å². The molecule has 0 radical (unpaired) electrons. The van der Waals surface area contributed by atoms with Gasteiger partial charge in [-0.1, -0.05) is 38.1 Å². The third-order valence-corrected chi connectivity index (χ3v) is 6.47. The first kappa shape index (κ1) is 24.0. The molecule has 0 aromatic heterocycles. The second kappa shape index (κ2) is 10.0. The van der Waals surface area contributed by atoms with E-state index in [1.807, 2.05) is 38.1 Å². The van der Waals surface area contributed by atoms with E-state index in [0.717, 1.165) is 35.3 Å². The molecule has 2 heterocycles. The van der Waals surface area contributed by atoms with Crippen LogP contribution in [0.1, 0.15) is 55.0 Å². The monoisotopic (exact) mass is 463 g/mol. The molecule has 34 heavy (non-hydrogen) atoms. The van der Waals surface area contributed by atoms with Crippen molar-refractivity contribution in [2.75, 3.05) is 19.8 Å². The number of rotatable bonds is 7. The Morgan fingerprint density at radius 2 is 1.91 bits per heavy atom. The maximum absolute atomic E-state index is 13.3. The summed E-state index contributed by atoms with van der Waals surface area (Å²) in [5.74, 6) is -0.304. The van der Waals surface area contributed by atoms with E-state index in [1.54, 1.807) is 23.1 Å². The van der Waals surface area contributed by atoms with Gasteiger partial charge >= 0.3 is 0 Å². The number of aryl methyl sites for hydroxylation is 2. The van der Waals surface area contributed by atoms with Gasteiger partial charge < -0.3 is 19.5 Å². The van der Waals surface area contributed by atoms with Crippen molar-refractivity contribution in [3.05, 3.63) is 70.3 Å². The predicted molar refractivity (Wildman–Crippen MR) is 131 cm³/mol. The summed E-state index contributed by atoms with van der Waals surface area (Å²) in [6.45, 7) is 9.59. The molecule has 6 heteroatoms. The van der Waals surface area contributed by atoms with E-state index in [0.29, 0.717) is 31.2 Å². The Bertz CT molecular complexity index is 1110. The number of carbonyl (C=O) groups excluding carboxylic acids is 2. The van der Waals surface area contributed by atoms with Gasteiger partial charge in [-0.2, -0.15) is 0 Å². The lowest BCUT2D eigenvalue weighted by molar-refractivity contribution is -0.140. The van der Waals surface area contributed by atoms with Gasteiger partial charge in [0.05, 0.1) is 24.3 Å². The highest BCUT2D eigenvalue weighted by Crippen LogP contribution is 2.41. The van der Waals surface area contributed by atoms with Crippen LogP contribution in [0.5, 0.6) is 5.75 Å². The van der Waals surface area contributed by atoms with Crippen LogP contribution < -0.4 is 4.74 Å². The number of hydrogen-bond donors (Lipinski definition) is 1. The van der Waals surface area contributed by atoms with Crippen molar-refractivity contribution in [2.24, 2.45) is 5.92 Å². The summed E-state index contributed by atoms with van der Waals surface area (Å²) >= 11 is 0. The van der Waals surface area contributed by atoms with Crippen LogP contribution in [0, 0.1) is 19.8 Å². The summed E-state index contributed by atoms with van der Waals surface area (Å²) in [4.78, 5) is 28.0. The van der Waals surface area contributed by atoms with E-state index >= 15 is 0 Å². The molecular formula is C28H33NO5. The first-order chi connectivity index (χ1) is 16.3. The van der Waals surface area contributed by atoms with Crippen molar-refractivity contribution in [1.29, 1.82) is 0 Å². The molecule has 2 aromatic carbocycles. The molecule has 2 fully saturated rings. The third-order valence-electron chi connectivity index (χ3n) is 6.47. The molecule has 0 spiro atoms. The fourth-order valence-corrected chi connectivity index (χ4v) is 4.66. The summed E-state index contributed by atoms with van der Waals surface area (Å²) < 4.78 is 11.6. The fourth-order valence-electron chi connectivity index (χ4n) is 4.66. The van der Waals surface area contributed by atoms with Gasteiger partial charge in [-0.25, -0.2) is 0 Å². The van der Waals surface area contributed by atoms with Crippen LogP contribution in [0.15, 0.2) is 48.0 Å². The molecule has 2 atom stereocenters.